The predicted molar refractivity (Wildman–Crippen MR) is 39.7 cm³/mol. The first-order valence-electron chi connectivity index (χ1n) is 3.51. The van der Waals surface area contributed by atoms with Gasteiger partial charge in [-0.05, 0) is 19.4 Å². The van der Waals surface area contributed by atoms with Crippen molar-refractivity contribution in [2.24, 2.45) is 10.3 Å². The van der Waals surface area contributed by atoms with Gasteiger partial charge in [-0.2, -0.15) is 5.53 Å². The lowest BCUT2D eigenvalue weighted by atomic mass is 10.1. The molecule has 0 radical (unpaired) electrons. The van der Waals surface area contributed by atoms with Crippen LogP contribution in [0.25, 0.3) is 0 Å². The standard InChI is InChI=1S/C6H10N4O/c7-10-9-4-6(11)5-2-1-3-8-5/h4-5,7-8H,1-3H2/t5-/m0/s1. The summed E-state index contributed by atoms with van der Waals surface area (Å²) in [5.74, 6) is -0.0847. The Balaban J connectivity index is 2.40. The van der Waals surface area contributed by atoms with Crippen molar-refractivity contribution in [3.05, 3.63) is 0 Å². The van der Waals surface area contributed by atoms with Crippen LogP contribution in [0.2, 0.25) is 0 Å². The van der Waals surface area contributed by atoms with Crippen LogP contribution in [-0.4, -0.2) is 24.6 Å². The Bertz CT molecular complexity index is 183. The molecular weight excluding hydrogens is 144 g/mol. The number of carbonyl (C=O) groups excluding carboxylic acids is 1. The van der Waals surface area contributed by atoms with Gasteiger partial charge in [-0.3, -0.25) is 4.79 Å². The third kappa shape index (κ3) is 2.19. The summed E-state index contributed by atoms with van der Waals surface area (Å²) in [6.45, 7) is 0.891. The second kappa shape index (κ2) is 3.92. The van der Waals surface area contributed by atoms with Crippen molar-refractivity contribution in [2.75, 3.05) is 6.54 Å². The van der Waals surface area contributed by atoms with Gasteiger partial charge >= 0.3 is 0 Å². The summed E-state index contributed by atoms with van der Waals surface area (Å²) >= 11 is 0. The molecule has 0 amide bonds. The predicted octanol–water partition coefficient (Wildman–Crippen LogP) is 0.324. The van der Waals surface area contributed by atoms with E-state index in [1.807, 2.05) is 0 Å². The van der Waals surface area contributed by atoms with E-state index in [-0.39, 0.29) is 11.8 Å². The van der Waals surface area contributed by atoms with Gasteiger partial charge in [0, 0.05) is 0 Å². The Morgan fingerprint density at radius 3 is 3.09 bits per heavy atom. The average molecular weight is 154 g/mol. The van der Waals surface area contributed by atoms with Crippen LogP contribution in [0.3, 0.4) is 0 Å². The van der Waals surface area contributed by atoms with Crippen LogP contribution in [0.15, 0.2) is 10.3 Å². The molecule has 0 aromatic rings. The number of Topliss-reactive ketones (excluding diaryl/α,β-unsaturated/α-hetero) is 1. The third-order valence-corrected chi connectivity index (χ3v) is 1.65. The molecule has 2 N–H and O–H groups in total. The molecule has 0 bridgehead atoms. The summed E-state index contributed by atoms with van der Waals surface area (Å²) in [6.07, 6.45) is 2.99. The zero-order valence-electron chi connectivity index (χ0n) is 6.08. The lowest BCUT2D eigenvalue weighted by Gasteiger charge is -2.01. The van der Waals surface area contributed by atoms with Crippen molar-refractivity contribution >= 4 is 12.0 Å². The highest BCUT2D eigenvalue weighted by Crippen LogP contribution is 2.04. The van der Waals surface area contributed by atoms with E-state index in [0.29, 0.717) is 0 Å². The fourth-order valence-electron chi connectivity index (χ4n) is 1.10. The minimum Gasteiger partial charge on any atom is -0.307 e. The minimum atomic E-state index is -0.0968. The van der Waals surface area contributed by atoms with Crippen molar-refractivity contribution in [3.8, 4) is 0 Å². The number of rotatable bonds is 3. The van der Waals surface area contributed by atoms with Crippen molar-refractivity contribution in [3.63, 3.8) is 0 Å². The molecule has 1 rings (SSSR count). The van der Waals surface area contributed by atoms with E-state index in [1.54, 1.807) is 0 Å². The molecule has 1 fully saturated rings. The molecule has 60 valence electrons. The van der Waals surface area contributed by atoms with Gasteiger partial charge in [0.05, 0.1) is 12.3 Å². The van der Waals surface area contributed by atoms with Crippen molar-refractivity contribution in [1.82, 2.24) is 5.32 Å². The molecule has 0 spiro atoms. The topological polar surface area (TPSA) is 77.7 Å². The number of hydrogen-bond donors (Lipinski definition) is 2. The lowest BCUT2D eigenvalue weighted by Crippen LogP contribution is -2.31. The smallest absolute Gasteiger partial charge is 0.192 e. The Labute approximate surface area is 64.4 Å². The summed E-state index contributed by atoms with van der Waals surface area (Å²) in [5, 5.41) is 8.93. The van der Waals surface area contributed by atoms with Crippen molar-refractivity contribution in [2.45, 2.75) is 18.9 Å². The maximum absolute atomic E-state index is 11.0. The zero-order valence-corrected chi connectivity index (χ0v) is 6.08. The molecule has 0 unspecified atom stereocenters. The number of nitrogens with zero attached hydrogens (tertiary/aromatic N) is 2. The van der Waals surface area contributed by atoms with Crippen molar-refractivity contribution in [1.29, 1.82) is 5.53 Å². The third-order valence-electron chi connectivity index (χ3n) is 1.65. The van der Waals surface area contributed by atoms with Gasteiger partial charge in [0.1, 0.15) is 0 Å². The van der Waals surface area contributed by atoms with E-state index in [2.05, 4.69) is 15.6 Å². The van der Waals surface area contributed by atoms with Gasteiger partial charge in [-0.1, -0.05) is 5.22 Å². The summed E-state index contributed by atoms with van der Waals surface area (Å²) in [4.78, 5) is 11.0. The van der Waals surface area contributed by atoms with E-state index in [9.17, 15) is 4.79 Å². The van der Waals surface area contributed by atoms with Gasteiger partial charge < -0.3 is 5.32 Å². The molecule has 1 heterocycles. The SMILES string of the molecule is N=NN=CC(=O)[C@@H]1CCCN1. The fourth-order valence-corrected chi connectivity index (χ4v) is 1.10. The fraction of sp³-hybridized carbons (Fsp3) is 0.667. The molecule has 0 aromatic heterocycles. The zero-order chi connectivity index (χ0) is 8.10. The monoisotopic (exact) mass is 154 g/mol. The first-order chi connectivity index (χ1) is 5.34. The highest BCUT2D eigenvalue weighted by Gasteiger charge is 2.19. The molecular formula is C6H10N4O. The average Bonchev–Trinajstić information content (AvgIpc) is 2.52. The molecule has 0 aliphatic carbocycles. The Morgan fingerprint density at radius 1 is 1.73 bits per heavy atom. The summed E-state index contributed by atoms with van der Waals surface area (Å²) < 4.78 is 0. The van der Waals surface area contributed by atoms with E-state index in [4.69, 9.17) is 5.53 Å². The van der Waals surface area contributed by atoms with Crippen LogP contribution in [0, 0.1) is 5.53 Å². The van der Waals surface area contributed by atoms with Crippen LogP contribution in [0.4, 0.5) is 0 Å². The van der Waals surface area contributed by atoms with Crippen LogP contribution in [-0.2, 0) is 4.79 Å². The van der Waals surface area contributed by atoms with Crippen LogP contribution in [0.1, 0.15) is 12.8 Å². The van der Waals surface area contributed by atoms with E-state index in [0.717, 1.165) is 25.6 Å². The number of carbonyl (C=O) groups is 1. The molecule has 1 atom stereocenters. The minimum absolute atomic E-state index is 0.0847. The molecule has 0 aromatic carbocycles. The van der Waals surface area contributed by atoms with Gasteiger partial charge in [-0.25, -0.2) is 0 Å². The molecule has 0 saturated carbocycles. The first kappa shape index (κ1) is 8.00. The second-order valence-electron chi connectivity index (χ2n) is 2.40. The summed E-state index contributed by atoms with van der Waals surface area (Å²) in [6, 6.07) is -0.0968. The van der Waals surface area contributed by atoms with E-state index in [1.165, 1.54) is 0 Å². The van der Waals surface area contributed by atoms with Gasteiger partial charge in [-0.15, -0.1) is 5.10 Å². The lowest BCUT2D eigenvalue weighted by molar-refractivity contribution is -0.114. The molecule has 1 aliphatic rings. The highest BCUT2D eigenvalue weighted by atomic mass is 16.1. The molecule has 1 saturated heterocycles. The van der Waals surface area contributed by atoms with Crippen molar-refractivity contribution < 1.29 is 4.79 Å². The molecule has 5 nitrogen and oxygen atoms in total. The van der Waals surface area contributed by atoms with Crippen LogP contribution in [0.5, 0.6) is 0 Å². The Kier molecular flexibility index (Phi) is 2.85. The molecule has 11 heavy (non-hydrogen) atoms. The second-order valence-corrected chi connectivity index (χ2v) is 2.40. The Morgan fingerprint density at radius 2 is 2.55 bits per heavy atom. The molecule has 1 aliphatic heterocycles. The van der Waals surface area contributed by atoms with E-state index >= 15 is 0 Å². The van der Waals surface area contributed by atoms with Gasteiger partial charge in [0.2, 0.25) is 0 Å². The van der Waals surface area contributed by atoms with Gasteiger partial charge in [0.15, 0.2) is 5.78 Å². The van der Waals surface area contributed by atoms with E-state index < -0.39 is 0 Å². The van der Waals surface area contributed by atoms with Gasteiger partial charge in [0.25, 0.3) is 0 Å². The summed E-state index contributed by atoms with van der Waals surface area (Å²) in [5.41, 5.74) is 6.32. The molecule has 5 heteroatoms. The number of hydrogen-bond acceptors (Lipinski definition) is 4. The first-order valence-corrected chi connectivity index (χ1v) is 3.51. The van der Waals surface area contributed by atoms with Crippen LogP contribution >= 0.6 is 0 Å². The largest absolute Gasteiger partial charge is 0.307 e. The van der Waals surface area contributed by atoms with Crippen LogP contribution < -0.4 is 5.32 Å². The normalized spacial score (nSPS) is 24.2. The Hall–Kier alpha value is -1.10. The highest BCUT2D eigenvalue weighted by molar-refractivity contribution is 6.29. The maximum Gasteiger partial charge on any atom is 0.192 e. The number of ketones is 1. The summed E-state index contributed by atoms with van der Waals surface area (Å²) in [7, 11) is 0. The maximum atomic E-state index is 11.0. The number of nitrogens with one attached hydrogen (secondary N) is 2. The quantitative estimate of drug-likeness (QED) is 0.349.